The quantitative estimate of drug-likeness (QED) is 0.645. The maximum atomic E-state index is 12.1. The van der Waals surface area contributed by atoms with E-state index in [1.165, 1.54) is 0 Å². The summed E-state index contributed by atoms with van der Waals surface area (Å²) in [5.41, 5.74) is 1.76. The van der Waals surface area contributed by atoms with Gasteiger partial charge in [0.1, 0.15) is 0 Å². The third kappa shape index (κ3) is 5.95. The van der Waals surface area contributed by atoms with Crippen LogP contribution in [0.4, 0.5) is 5.69 Å². The molecule has 0 bridgehead atoms. The molecule has 7 heteroatoms. The SMILES string of the molecule is CCCNC(=O)c1ccc(NC(=S)NC(=O)c2cccc(Br)c2)cc1. The minimum Gasteiger partial charge on any atom is -0.352 e. The number of amides is 2. The van der Waals surface area contributed by atoms with E-state index >= 15 is 0 Å². The molecule has 5 nitrogen and oxygen atoms in total. The van der Waals surface area contributed by atoms with Crippen LogP contribution in [0.1, 0.15) is 34.1 Å². The Bertz CT molecular complexity index is 778. The zero-order chi connectivity index (χ0) is 18.2. The van der Waals surface area contributed by atoms with Crippen molar-refractivity contribution in [3.63, 3.8) is 0 Å². The molecule has 0 aromatic heterocycles. The summed E-state index contributed by atoms with van der Waals surface area (Å²) in [4.78, 5) is 24.0. The fourth-order valence-electron chi connectivity index (χ4n) is 2.01. The van der Waals surface area contributed by atoms with Gasteiger partial charge >= 0.3 is 0 Å². The predicted molar refractivity (Wildman–Crippen MR) is 107 cm³/mol. The molecule has 0 fully saturated rings. The Morgan fingerprint density at radius 3 is 2.40 bits per heavy atom. The molecule has 0 aliphatic rings. The van der Waals surface area contributed by atoms with E-state index < -0.39 is 0 Å². The molecular formula is C18H18BrN3O2S. The number of benzene rings is 2. The highest BCUT2D eigenvalue weighted by Gasteiger charge is 2.09. The molecule has 3 N–H and O–H groups in total. The van der Waals surface area contributed by atoms with E-state index in [9.17, 15) is 9.59 Å². The molecular weight excluding hydrogens is 402 g/mol. The van der Waals surface area contributed by atoms with Crippen LogP contribution in [0.2, 0.25) is 0 Å². The van der Waals surface area contributed by atoms with Crippen molar-refractivity contribution >= 4 is 50.8 Å². The number of anilines is 1. The maximum absolute atomic E-state index is 12.1. The number of rotatable bonds is 5. The maximum Gasteiger partial charge on any atom is 0.257 e. The van der Waals surface area contributed by atoms with Crippen LogP contribution in [0, 0.1) is 0 Å². The molecule has 0 aliphatic carbocycles. The molecule has 0 radical (unpaired) electrons. The topological polar surface area (TPSA) is 70.2 Å². The molecule has 2 amide bonds. The second kappa shape index (κ2) is 9.29. The lowest BCUT2D eigenvalue weighted by molar-refractivity contribution is 0.0951. The van der Waals surface area contributed by atoms with E-state index in [4.69, 9.17) is 12.2 Å². The molecule has 0 atom stereocenters. The second-order valence-corrected chi connectivity index (χ2v) is 6.58. The van der Waals surface area contributed by atoms with Gasteiger partial charge in [0.15, 0.2) is 5.11 Å². The third-order valence-electron chi connectivity index (χ3n) is 3.25. The van der Waals surface area contributed by atoms with E-state index in [-0.39, 0.29) is 16.9 Å². The van der Waals surface area contributed by atoms with Crippen molar-refractivity contribution in [2.24, 2.45) is 0 Å². The van der Waals surface area contributed by atoms with Gasteiger partial charge in [0.2, 0.25) is 0 Å². The summed E-state index contributed by atoms with van der Waals surface area (Å²) in [7, 11) is 0. The average molecular weight is 420 g/mol. The monoisotopic (exact) mass is 419 g/mol. The Labute approximate surface area is 160 Å². The van der Waals surface area contributed by atoms with Crippen LogP contribution < -0.4 is 16.0 Å². The molecule has 0 spiro atoms. The number of carbonyl (C=O) groups is 2. The molecule has 0 saturated heterocycles. The van der Waals surface area contributed by atoms with Crippen molar-refractivity contribution in [3.8, 4) is 0 Å². The first-order chi connectivity index (χ1) is 12.0. The van der Waals surface area contributed by atoms with Crippen LogP contribution in [-0.2, 0) is 0 Å². The average Bonchev–Trinajstić information content (AvgIpc) is 2.60. The van der Waals surface area contributed by atoms with E-state index in [0.717, 1.165) is 10.9 Å². The van der Waals surface area contributed by atoms with E-state index in [2.05, 4.69) is 31.9 Å². The lowest BCUT2D eigenvalue weighted by atomic mass is 10.2. The van der Waals surface area contributed by atoms with Crippen molar-refractivity contribution in [1.82, 2.24) is 10.6 Å². The van der Waals surface area contributed by atoms with E-state index in [1.54, 1.807) is 42.5 Å². The molecule has 0 saturated carbocycles. The lowest BCUT2D eigenvalue weighted by Gasteiger charge is -2.10. The van der Waals surface area contributed by atoms with Gasteiger partial charge in [-0.05, 0) is 61.1 Å². The van der Waals surface area contributed by atoms with Gasteiger partial charge < -0.3 is 10.6 Å². The summed E-state index contributed by atoms with van der Waals surface area (Å²) in [5.74, 6) is -0.409. The molecule has 0 heterocycles. The van der Waals surface area contributed by atoms with Crippen molar-refractivity contribution in [3.05, 3.63) is 64.1 Å². The van der Waals surface area contributed by atoms with Crippen LogP contribution in [0.3, 0.4) is 0 Å². The number of halogens is 1. The van der Waals surface area contributed by atoms with E-state index in [1.807, 2.05) is 13.0 Å². The first-order valence-corrected chi connectivity index (χ1v) is 8.96. The number of nitrogens with one attached hydrogen (secondary N) is 3. The first kappa shape index (κ1) is 19.1. The Hall–Kier alpha value is -2.25. The summed E-state index contributed by atoms with van der Waals surface area (Å²) < 4.78 is 0.816. The van der Waals surface area contributed by atoms with Crippen LogP contribution in [0.25, 0.3) is 0 Å². The minimum absolute atomic E-state index is 0.112. The van der Waals surface area contributed by atoms with Gasteiger partial charge in [-0.2, -0.15) is 0 Å². The summed E-state index contributed by atoms with van der Waals surface area (Å²) >= 11 is 8.48. The summed E-state index contributed by atoms with van der Waals surface area (Å²) in [5, 5.41) is 8.54. The number of hydrogen-bond donors (Lipinski definition) is 3. The molecule has 2 rings (SSSR count). The Kier molecular flexibility index (Phi) is 7.09. The number of thiocarbonyl (C=S) groups is 1. The molecule has 2 aromatic carbocycles. The van der Waals surface area contributed by atoms with Crippen LogP contribution in [0.15, 0.2) is 53.0 Å². The highest BCUT2D eigenvalue weighted by atomic mass is 79.9. The van der Waals surface area contributed by atoms with Gasteiger partial charge in [-0.3, -0.25) is 14.9 Å². The molecule has 25 heavy (non-hydrogen) atoms. The molecule has 130 valence electrons. The summed E-state index contributed by atoms with van der Waals surface area (Å²) in [6.07, 6.45) is 0.886. The standard InChI is InChI=1S/C18H18BrN3O2S/c1-2-10-20-16(23)12-6-8-15(9-7-12)21-18(25)22-17(24)13-4-3-5-14(19)11-13/h3-9,11H,2,10H2,1H3,(H,20,23)(H2,21,22,24,25). The van der Waals surface area contributed by atoms with Crippen molar-refractivity contribution in [1.29, 1.82) is 0 Å². The normalized spacial score (nSPS) is 10.0. The largest absolute Gasteiger partial charge is 0.352 e. The van der Waals surface area contributed by atoms with Gasteiger partial charge in [0.25, 0.3) is 11.8 Å². The number of carbonyl (C=O) groups excluding carboxylic acids is 2. The third-order valence-corrected chi connectivity index (χ3v) is 3.95. The lowest BCUT2D eigenvalue weighted by Crippen LogP contribution is -2.34. The highest BCUT2D eigenvalue weighted by Crippen LogP contribution is 2.12. The van der Waals surface area contributed by atoms with E-state index in [0.29, 0.717) is 23.4 Å². The molecule has 2 aromatic rings. The molecule has 0 aliphatic heterocycles. The second-order valence-electron chi connectivity index (χ2n) is 5.25. The fourth-order valence-corrected chi connectivity index (χ4v) is 2.62. The van der Waals surface area contributed by atoms with Gasteiger partial charge in [-0.25, -0.2) is 0 Å². The Morgan fingerprint density at radius 1 is 1.04 bits per heavy atom. The smallest absolute Gasteiger partial charge is 0.257 e. The summed E-state index contributed by atoms with van der Waals surface area (Å²) in [6, 6.07) is 13.9. The highest BCUT2D eigenvalue weighted by molar-refractivity contribution is 9.10. The first-order valence-electron chi connectivity index (χ1n) is 7.75. The fraction of sp³-hybridized carbons (Fsp3) is 0.167. The van der Waals surface area contributed by atoms with Gasteiger partial charge in [0, 0.05) is 27.8 Å². The summed E-state index contributed by atoms with van der Waals surface area (Å²) in [6.45, 7) is 2.64. The number of hydrogen-bond acceptors (Lipinski definition) is 3. The van der Waals surface area contributed by atoms with Crippen LogP contribution >= 0.6 is 28.1 Å². The minimum atomic E-state index is -0.297. The van der Waals surface area contributed by atoms with Gasteiger partial charge in [0.05, 0.1) is 0 Å². The van der Waals surface area contributed by atoms with Crippen LogP contribution in [-0.4, -0.2) is 23.5 Å². The van der Waals surface area contributed by atoms with Crippen molar-refractivity contribution in [2.75, 3.05) is 11.9 Å². The van der Waals surface area contributed by atoms with Gasteiger partial charge in [-0.1, -0.05) is 28.9 Å². The predicted octanol–water partition coefficient (Wildman–Crippen LogP) is 3.72. The van der Waals surface area contributed by atoms with Crippen molar-refractivity contribution in [2.45, 2.75) is 13.3 Å². The Morgan fingerprint density at radius 2 is 1.76 bits per heavy atom. The zero-order valence-corrected chi connectivity index (χ0v) is 16.0. The zero-order valence-electron chi connectivity index (χ0n) is 13.6. The van der Waals surface area contributed by atoms with Gasteiger partial charge in [-0.15, -0.1) is 0 Å². The van der Waals surface area contributed by atoms with Crippen LogP contribution in [0.5, 0.6) is 0 Å². The Balaban J connectivity index is 1.92. The molecule has 0 unspecified atom stereocenters. The van der Waals surface area contributed by atoms with Crippen molar-refractivity contribution < 1.29 is 9.59 Å².